The van der Waals surface area contributed by atoms with Crippen molar-refractivity contribution in [2.45, 2.75) is 13.3 Å². The number of methoxy groups -OCH3 is 1. The lowest BCUT2D eigenvalue weighted by molar-refractivity contribution is -0.117. The van der Waals surface area contributed by atoms with Crippen LogP contribution in [0.15, 0.2) is 18.2 Å². The molecule has 2 atom stereocenters. The molecule has 0 aliphatic heterocycles. The number of halogens is 1. The van der Waals surface area contributed by atoms with E-state index in [1.165, 1.54) is 0 Å². The van der Waals surface area contributed by atoms with Crippen molar-refractivity contribution in [2.75, 3.05) is 12.4 Å². The largest absolute Gasteiger partial charge is 0.495 e. The standard InChI is InChI=1S/C12H14ClNO2/c1-7-5-9(7)12(15)14-8-3-4-11(16-2)10(13)6-8/h3-4,6-7,9H,5H2,1-2H3,(H,14,15). The monoisotopic (exact) mass is 239 g/mol. The van der Waals surface area contributed by atoms with Crippen molar-refractivity contribution in [1.82, 2.24) is 0 Å². The molecule has 1 aromatic carbocycles. The smallest absolute Gasteiger partial charge is 0.227 e. The van der Waals surface area contributed by atoms with Gasteiger partial charge in [-0.3, -0.25) is 4.79 Å². The van der Waals surface area contributed by atoms with Crippen LogP contribution in [0.3, 0.4) is 0 Å². The van der Waals surface area contributed by atoms with Gasteiger partial charge < -0.3 is 10.1 Å². The van der Waals surface area contributed by atoms with Crippen molar-refractivity contribution in [2.24, 2.45) is 11.8 Å². The second-order valence-electron chi connectivity index (χ2n) is 4.16. The molecule has 2 unspecified atom stereocenters. The van der Waals surface area contributed by atoms with Crippen molar-refractivity contribution in [3.63, 3.8) is 0 Å². The van der Waals surface area contributed by atoms with Gasteiger partial charge in [-0.15, -0.1) is 0 Å². The molecule has 1 saturated carbocycles. The van der Waals surface area contributed by atoms with E-state index in [9.17, 15) is 4.79 Å². The fourth-order valence-electron chi connectivity index (χ4n) is 1.67. The summed E-state index contributed by atoms with van der Waals surface area (Å²) in [5.41, 5.74) is 0.718. The molecule has 0 saturated heterocycles. The maximum absolute atomic E-state index is 11.7. The third-order valence-electron chi connectivity index (χ3n) is 2.87. The van der Waals surface area contributed by atoms with Gasteiger partial charge in [-0.1, -0.05) is 18.5 Å². The quantitative estimate of drug-likeness (QED) is 0.881. The second kappa shape index (κ2) is 4.34. The zero-order valence-corrected chi connectivity index (χ0v) is 10.0. The van der Waals surface area contributed by atoms with Crippen LogP contribution in [0.25, 0.3) is 0 Å². The third-order valence-corrected chi connectivity index (χ3v) is 3.16. The predicted octanol–water partition coefficient (Wildman–Crippen LogP) is 2.94. The van der Waals surface area contributed by atoms with Crippen LogP contribution in [0.2, 0.25) is 5.02 Å². The van der Waals surface area contributed by atoms with E-state index in [-0.39, 0.29) is 11.8 Å². The fraction of sp³-hybridized carbons (Fsp3) is 0.417. The number of benzene rings is 1. The fourth-order valence-corrected chi connectivity index (χ4v) is 1.92. The molecule has 4 heteroatoms. The topological polar surface area (TPSA) is 38.3 Å². The number of carbonyl (C=O) groups is 1. The molecular formula is C12H14ClNO2. The Morgan fingerprint density at radius 2 is 2.25 bits per heavy atom. The summed E-state index contributed by atoms with van der Waals surface area (Å²) in [7, 11) is 1.56. The lowest BCUT2D eigenvalue weighted by Crippen LogP contribution is -2.14. The number of hydrogen-bond donors (Lipinski definition) is 1. The molecule has 16 heavy (non-hydrogen) atoms. The van der Waals surface area contributed by atoms with Crippen LogP contribution in [-0.4, -0.2) is 13.0 Å². The summed E-state index contributed by atoms with van der Waals surface area (Å²) in [5.74, 6) is 1.36. The highest BCUT2D eigenvalue weighted by Gasteiger charge is 2.39. The van der Waals surface area contributed by atoms with Crippen molar-refractivity contribution >= 4 is 23.2 Å². The number of amides is 1. The van der Waals surface area contributed by atoms with E-state index < -0.39 is 0 Å². The first-order valence-electron chi connectivity index (χ1n) is 5.26. The highest BCUT2D eigenvalue weighted by Crippen LogP contribution is 2.38. The van der Waals surface area contributed by atoms with Crippen LogP contribution in [0.1, 0.15) is 13.3 Å². The van der Waals surface area contributed by atoms with Crippen molar-refractivity contribution in [3.05, 3.63) is 23.2 Å². The van der Waals surface area contributed by atoms with Gasteiger partial charge >= 0.3 is 0 Å². The van der Waals surface area contributed by atoms with Gasteiger partial charge in [0.15, 0.2) is 0 Å². The summed E-state index contributed by atoms with van der Waals surface area (Å²) in [6, 6.07) is 5.23. The van der Waals surface area contributed by atoms with E-state index >= 15 is 0 Å². The Morgan fingerprint density at radius 1 is 1.56 bits per heavy atom. The summed E-state index contributed by atoms with van der Waals surface area (Å²) < 4.78 is 5.04. The van der Waals surface area contributed by atoms with Gasteiger partial charge in [0.05, 0.1) is 12.1 Å². The highest BCUT2D eigenvalue weighted by atomic mass is 35.5. The van der Waals surface area contributed by atoms with Crippen LogP contribution in [0, 0.1) is 11.8 Å². The van der Waals surface area contributed by atoms with Crippen LogP contribution < -0.4 is 10.1 Å². The Hall–Kier alpha value is -1.22. The Morgan fingerprint density at radius 3 is 2.75 bits per heavy atom. The van der Waals surface area contributed by atoms with Crippen molar-refractivity contribution in [3.8, 4) is 5.75 Å². The van der Waals surface area contributed by atoms with Gasteiger partial charge in [-0.2, -0.15) is 0 Å². The Balaban J connectivity index is 2.04. The number of hydrogen-bond acceptors (Lipinski definition) is 2. The van der Waals surface area contributed by atoms with E-state index in [1.54, 1.807) is 25.3 Å². The van der Waals surface area contributed by atoms with Crippen LogP contribution in [0.5, 0.6) is 5.75 Å². The van der Waals surface area contributed by atoms with E-state index in [4.69, 9.17) is 16.3 Å². The van der Waals surface area contributed by atoms with Gasteiger partial charge in [0, 0.05) is 11.6 Å². The number of ether oxygens (including phenoxy) is 1. The molecule has 1 aliphatic carbocycles. The van der Waals surface area contributed by atoms with E-state index in [0.717, 1.165) is 12.1 Å². The SMILES string of the molecule is COc1ccc(NC(=O)C2CC2C)cc1Cl. The zero-order valence-electron chi connectivity index (χ0n) is 9.29. The molecule has 2 rings (SSSR count). The average molecular weight is 240 g/mol. The number of rotatable bonds is 3. The van der Waals surface area contributed by atoms with Crippen molar-refractivity contribution < 1.29 is 9.53 Å². The Bertz CT molecular complexity index is 419. The summed E-state index contributed by atoms with van der Waals surface area (Å²) in [6.07, 6.45) is 0.982. The maximum atomic E-state index is 11.7. The number of nitrogens with one attached hydrogen (secondary N) is 1. The van der Waals surface area contributed by atoms with Gasteiger partial charge in [-0.05, 0) is 30.5 Å². The minimum absolute atomic E-state index is 0.0775. The molecule has 1 fully saturated rings. The summed E-state index contributed by atoms with van der Waals surface area (Å²) >= 11 is 5.96. The van der Waals surface area contributed by atoms with Gasteiger partial charge in [-0.25, -0.2) is 0 Å². The molecule has 0 heterocycles. The molecule has 0 aromatic heterocycles. The first kappa shape index (κ1) is 11.3. The Labute approximate surface area is 99.7 Å². The number of carbonyl (C=O) groups excluding carboxylic acids is 1. The lowest BCUT2D eigenvalue weighted by Gasteiger charge is -2.07. The van der Waals surface area contributed by atoms with Crippen LogP contribution in [-0.2, 0) is 4.79 Å². The van der Waals surface area contributed by atoms with Crippen LogP contribution in [0.4, 0.5) is 5.69 Å². The molecule has 0 radical (unpaired) electrons. The summed E-state index contributed by atoms with van der Waals surface area (Å²) in [6.45, 7) is 2.07. The summed E-state index contributed by atoms with van der Waals surface area (Å²) in [5, 5.41) is 3.35. The van der Waals surface area contributed by atoms with E-state index in [0.29, 0.717) is 16.7 Å². The van der Waals surface area contributed by atoms with Gasteiger partial charge in [0.25, 0.3) is 0 Å². The summed E-state index contributed by atoms with van der Waals surface area (Å²) in [4.78, 5) is 11.7. The number of anilines is 1. The molecule has 3 nitrogen and oxygen atoms in total. The molecule has 0 spiro atoms. The first-order valence-corrected chi connectivity index (χ1v) is 5.64. The van der Waals surface area contributed by atoms with Crippen LogP contribution >= 0.6 is 11.6 Å². The second-order valence-corrected chi connectivity index (χ2v) is 4.57. The molecular weight excluding hydrogens is 226 g/mol. The van der Waals surface area contributed by atoms with E-state index in [1.807, 2.05) is 0 Å². The van der Waals surface area contributed by atoms with Crippen molar-refractivity contribution in [1.29, 1.82) is 0 Å². The van der Waals surface area contributed by atoms with E-state index in [2.05, 4.69) is 12.2 Å². The normalized spacial score (nSPS) is 22.7. The van der Waals surface area contributed by atoms with Gasteiger partial charge in [0.1, 0.15) is 5.75 Å². The minimum atomic E-state index is 0.0775. The molecule has 1 aromatic rings. The predicted molar refractivity (Wildman–Crippen MR) is 63.9 cm³/mol. The average Bonchev–Trinajstić information content (AvgIpc) is 2.96. The molecule has 86 valence electrons. The first-order chi connectivity index (χ1) is 7.61. The minimum Gasteiger partial charge on any atom is -0.495 e. The maximum Gasteiger partial charge on any atom is 0.227 e. The zero-order chi connectivity index (χ0) is 11.7. The highest BCUT2D eigenvalue weighted by molar-refractivity contribution is 6.32. The lowest BCUT2D eigenvalue weighted by atomic mass is 10.2. The molecule has 0 bridgehead atoms. The molecule has 1 aliphatic rings. The molecule has 1 amide bonds. The van der Waals surface area contributed by atoms with Gasteiger partial charge in [0.2, 0.25) is 5.91 Å². The third kappa shape index (κ3) is 2.30. The Kier molecular flexibility index (Phi) is 3.06. The molecule has 1 N–H and O–H groups in total.